The number of carbonyl (C=O) groups is 1. The third-order valence-corrected chi connectivity index (χ3v) is 6.02. The topological polar surface area (TPSA) is 94.9 Å². The van der Waals surface area contributed by atoms with Crippen LogP contribution in [0.5, 0.6) is 0 Å². The zero-order valence-corrected chi connectivity index (χ0v) is 19.5. The Bertz CT molecular complexity index is 1420. The van der Waals surface area contributed by atoms with E-state index < -0.39 is 0 Å². The summed E-state index contributed by atoms with van der Waals surface area (Å²) in [4.78, 5) is 24.2. The second-order valence-electron chi connectivity index (χ2n) is 8.48. The molecule has 4 aromatic heterocycles. The molecule has 0 N–H and O–H groups in total. The summed E-state index contributed by atoms with van der Waals surface area (Å²) in [5.41, 5.74) is 3.71. The first kappa shape index (κ1) is 21.6. The van der Waals surface area contributed by atoms with Crippen LogP contribution in [0, 0.1) is 0 Å². The molecule has 5 rings (SSSR count). The van der Waals surface area contributed by atoms with Gasteiger partial charge in [0.15, 0.2) is 11.4 Å². The lowest BCUT2D eigenvalue weighted by Crippen LogP contribution is -2.30. The molecule has 0 saturated carbocycles. The second kappa shape index (κ2) is 8.58. The maximum absolute atomic E-state index is 13.7. The Hall–Kier alpha value is -4.27. The van der Waals surface area contributed by atoms with E-state index in [0.29, 0.717) is 22.7 Å². The molecule has 1 amide bonds. The molecule has 0 bridgehead atoms. The Morgan fingerprint density at radius 2 is 1.88 bits per heavy atom. The quantitative estimate of drug-likeness (QED) is 0.369. The van der Waals surface area contributed by atoms with E-state index in [-0.39, 0.29) is 18.0 Å². The normalized spacial score (nSPS) is 12.4. The van der Waals surface area contributed by atoms with Gasteiger partial charge in [-0.1, -0.05) is 12.1 Å². The molecule has 9 nitrogen and oxygen atoms in total. The predicted molar refractivity (Wildman–Crippen MR) is 127 cm³/mol. The molecule has 0 saturated heterocycles. The molecule has 172 valence electrons. The van der Waals surface area contributed by atoms with Gasteiger partial charge in [0.25, 0.3) is 5.91 Å². The van der Waals surface area contributed by atoms with Crippen LogP contribution in [0.2, 0.25) is 0 Å². The zero-order valence-electron chi connectivity index (χ0n) is 19.5. The third-order valence-electron chi connectivity index (χ3n) is 6.02. The Kier molecular flexibility index (Phi) is 5.45. The van der Waals surface area contributed by atoms with Gasteiger partial charge >= 0.3 is 0 Å². The molecule has 0 aliphatic carbocycles. The average Bonchev–Trinajstić information content (AvgIpc) is 3.63. The highest BCUT2D eigenvalue weighted by Crippen LogP contribution is 2.29. The number of pyridine rings is 1. The van der Waals surface area contributed by atoms with Crippen molar-refractivity contribution in [2.24, 2.45) is 0 Å². The lowest BCUT2D eigenvalue weighted by atomic mass is 10.0. The summed E-state index contributed by atoms with van der Waals surface area (Å²) in [5, 5.41) is 9.37. The summed E-state index contributed by atoms with van der Waals surface area (Å²) >= 11 is 0. The summed E-state index contributed by atoms with van der Waals surface area (Å²) in [6.45, 7) is 6.07. The number of hydrogen-bond donors (Lipinski definition) is 0. The van der Waals surface area contributed by atoms with E-state index in [1.54, 1.807) is 40.5 Å². The molecular weight excluding hydrogens is 430 g/mol. The van der Waals surface area contributed by atoms with Crippen LogP contribution in [-0.4, -0.2) is 47.4 Å². The van der Waals surface area contributed by atoms with Gasteiger partial charge in [-0.2, -0.15) is 10.2 Å². The lowest BCUT2D eigenvalue weighted by molar-refractivity contribution is 0.0744. The fourth-order valence-electron chi connectivity index (χ4n) is 3.96. The predicted octanol–water partition coefficient (Wildman–Crippen LogP) is 4.69. The van der Waals surface area contributed by atoms with E-state index in [1.807, 2.05) is 62.8 Å². The Labute approximate surface area is 196 Å². The number of aromatic nitrogens is 6. The van der Waals surface area contributed by atoms with Gasteiger partial charge in [0, 0.05) is 13.1 Å². The fourth-order valence-corrected chi connectivity index (χ4v) is 3.96. The molecule has 34 heavy (non-hydrogen) atoms. The summed E-state index contributed by atoms with van der Waals surface area (Å²) in [7, 11) is 1.81. The number of fused-ring (bicyclic) bond motifs is 1. The summed E-state index contributed by atoms with van der Waals surface area (Å²) in [6, 6.07) is 13.3. The summed E-state index contributed by atoms with van der Waals surface area (Å²) in [6.07, 6.45) is 6.46. The van der Waals surface area contributed by atoms with Gasteiger partial charge < -0.3 is 9.32 Å². The van der Waals surface area contributed by atoms with Crippen molar-refractivity contribution in [2.45, 2.75) is 32.9 Å². The van der Waals surface area contributed by atoms with Crippen LogP contribution >= 0.6 is 0 Å². The maximum Gasteiger partial charge on any atom is 0.254 e. The van der Waals surface area contributed by atoms with Crippen LogP contribution in [0.25, 0.3) is 28.2 Å². The molecule has 9 heteroatoms. The van der Waals surface area contributed by atoms with E-state index >= 15 is 0 Å². The molecule has 1 atom stereocenters. The highest BCUT2D eigenvalue weighted by atomic mass is 16.3. The number of amides is 1. The van der Waals surface area contributed by atoms with E-state index in [1.165, 1.54) is 6.33 Å². The number of benzene rings is 1. The highest BCUT2D eigenvalue weighted by molar-refractivity contribution is 6.06. The van der Waals surface area contributed by atoms with Crippen LogP contribution in [-0.2, 0) is 0 Å². The van der Waals surface area contributed by atoms with Crippen LogP contribution in [0.3, 0.4) is 0 Å². The third kappa shape index (κ3) is 3.75. The van der Waals surface area contributed by atoms with Crippen molar-refractivity contribution in [3.63, 3.8) is 0 Å². The first-order chi connectivity index (χ1) is 16.4. The second-order valence-corrected chi connectivity index (χ2v) is 8.48. The van der Waals surface area contributed by atoms with E-state index in [2.05, 4.69) is 15.2 Å². The molecule has 4 heterocycles. The van der Waals surface area contributed by atoms with Gasteiger partial charge in [0.1, 0.15) is 18.3 Å². The molecular formula is C25H25N7O2. The SMILES string of the molecule is CC(c1ccc(-n2cncn2)cc1)N(C)C(=O)c1cc(-c2ccco2)nc2c1cnn2C(C)C. The van der Waals surface area contributed by atoms with Crippen LogP contribution in [0.15, 0.2) is 72.0 Å². The van der Waals surface area contributed by atoms with E-state index in [9.17, 15) is 4.79 Å². The summed E-state index contributed by atoms with van der Waals surface area (Å²) < 4.78 is 9.09. The lowest BCUT2D eigenvalue weighted by Gasteiger charge is -2.26. The van der Waals surface area contributed by atoms with Gasteiger partial charge in [-0.15, -0.1) is 0 Å². The minimum atomic E-state index is -0.160. The summed E-state index contributed by atoms with van der Waals surface area (Å²) in [5.74, 6) is 0.489. The van der Waals surface area contributed by atoms with Crippen LogP contribution in [0.1, 0.15) is 48.8 Å². The standard InChI is InChI=1S/C25H25N7O2/c1-16(2)32-24-21(13-27-32)20(12-22(29-24)23-6-5-11-34-23)25(33)30(4)17(3)18-7-9-19(10-8-18)31-15-26-14-28-31/h5-17H,1-4H3. The molecule has 0 radical (unpaired) electrons. The molecule has 1 aromatic carbocycles. The van der Waals surface area contributed by atoms with Gasteiger partial charge in [0.05, 0.1) is 35.1 Å². The number of carbonyl (C=O) groups excluding carboxylic acids is 1. The average molecular weight is 456 g/mol. The number of nitrogens with zero attached hydrogens (tertiary/aromatic N) is 7. The first-order valence-electron chi connectivity index (χ1n) is 11.1. The van der Waals surface area contributed by atoms with Gasteiger partial charge in [-0.3, -0.25) is 4.79 Å². The van der Waals surface area contributed by atoms with Crippen LogP contribution in [0.4, 0.5) is 0 Å². The Morgan fingerprint density at radius 3 is 2.53 bits per heavy atom. The molecule has 0 aliphatic rings. The minimum absolute atomic E-state index is 0.0972. The maximum atomic E-state index is 13.7. The molecule has 0 aliphatic heterocycles. The Morgan fingerprint density at radius 1 is 1.09 bits per heavy atom. The van der Waals surface area contributed by atoms with Crippen LogP contribution < -0.4 is 0 Å². The smallest absolute Gasteiger partial charge is 0.254 e. The molecule has 0 fully saturated rings. The highest BCUT2D eigenvalue weighted by Gasteiger charge is 2.24. The number of hydrogen-bond acceptors (Lipinski definition) is 6. The van der Waals surface area contributed by atoms with Crippen molar-refractivity contribution in [3.8, 4) is 17.1 Å². The Balaban J connectivity index is 1.50. The van der Waals surface area contributed by atoms with Gasteiger partial charge in [-0.25, -0.2) is 19.3 Å². The molecule has 5 aromatic rings. The number of furan rings is 1. The van der Waals surface area contributed by atoms with Gasteiger partial charge in [0.2, 0.25) is 0 Å². The monoisotopic (exact) mass is 455 g/mol. The largest absolute Gasteiger partial charge is 0.463 e. The van der Waals surface area contributed by atoms with Crippen molar-refractivity contribution in [2.75, 3.05) is 7.05 Å². The van der Waals surface area contributed by atoms with Gasteiger partial charge in [-0.05, 0) is 56.7 Å². The van der Waals surface area contributed by atoms with Crippen molar-refractivity contribution >= 4 is 16.9 Å². The van der Waals surface area contributed by atoms with Crippen molar-refractivity contribution < 1.29 is 9.21 Å². The van der Waals surface area contributed by atoms with E-state index in [4.69, 9.17) is 9.40 Å². The van der Waals surface area contributed by atoms with Crippen molar-refractivity contribution in [1.29, 1.82) is 0 Å². The number of rotatable bonds is 6. The molecule has 0 spiro atoms. The fraction of sp³-hybridized carbons (Fsp3) is 0.240. The van der Waals surface area contributed by atoms with Crippen molar-refractivity contribution in [3.05, 3.63) is 78.7 Å². The van der Waals surface area contributed by atoms with E-state index in [0.717, 1.165) is 16.6 Å². The molecule has 1 unspecified atom stereocenters. The zero-order chi connectivity index (χ0) is 23.8. The minimum Gasteiger partial charge on any atom is -0.463 e. The van der Waals surface area contributed by atoms with Crippen molar-refractivity contribution in [1.82, 2.24) is 34.4 Å². The first-order valence-corrected chi connectivity index (χ1v) is 11.1.